The van der Waals surface area contributed by atoms with Gasteiger partial charge in [-0.3, -0.25) is 19.4 Å². The summed E-state index contributed by atoms with van der Waals surface area (Å²) >= 11 is 18.0. The molecule has 0 fully saturated rings. The number of benzene rings is 2. The predicted octanol–water partition coefficient (Wildman–Crippen LogP) is 4.54. The average Bonchev–Trinajstić information content (AvgIpc) is 2.72. The summed E-state index contributed by atoms with van der Waals surface area (Å²) in [6.45, 7) is 0. The monoisotopic (exact) mass is 477 g/mol. The van der Waals surface area contributed by atoms with Crippen LogP contribution in [0.25, 0.3) is 0 Å². The molecule has 0 spiro atoms. The number of rotatable bonds is 4. The molecule has 0 saturated carbocycles. The van der Waals surface area contributed by atoms with Gasteiger partial charge in [0.25, 0.3) is 5.56 Å². The molecule has 1 unspecified atom stereocenters. The third-order valence-corrected chi connectivity index (χ3v) is 5.65. The molecule has 1 aromatic heterocycles. The lowest BCUT2D eigenvalue weighted by Crippen LogP contribution is -2.36. The lowest BCUT2D eigenvalue weighted by Gasteiger charge is -2.24. The molecule has 0 saturated heterocycles. The summed E-state index contributed by atoms with van der Waals surface area (Å²) < 4.78 is 0. The molecule has 0 aliphatic carbocycles. The van der Waals surface area contributed by atoms with Gasteiger partial charge in [0, 0.05) is 17.1 Å². The van der Waals surface area contributed by atoms with Crippen molar-refractivity contribution in [2.24, 2.45) is 0 Å². The quantitative estimate of drug-likeness (QED) is 0.439. The maximum absolute atomic E-state index is 12.9. The van der Waals surface area contributed by atoms with Crippen LogP contribution in [0.3, 0.4) is 0 Å². The molecule has 1 atom stereocenters. The maximum Gasteiger partial charge on any atom is 0.258 e. The Morgan fingerprint density at radius 1 is 1.06 bits per heavy atom. The number of aromatic nitrogens is 2. The fourth-order valence-electron chi connectivity index (χ4n) is 3.14. The molecule has 1 aliphatic heterocycles. The number of carbonyl (C=O) groups excluding carboxylic acids is 2. The van der Waals surface area contributed by atoms with Crippen molar-refractivity contribution in [3.8, 4) is 0 Å². The fourth-order valence-corrected chi connectivity index (χ4v) is 3.62. The van der Waals surface area contributed by atoms with Crippen LogP contribution >= 0.6 is 34.8 Å². The van der Waals surface area contributed by atoms with Gasteiger partial charge in [-0.25, -0.2) is 0 Å². The van der Waals surface area contributed by atoms with Crippen LogP contribution in [0, 0.1) is 0 Å². The molecule has 31 heavy (non-hydrogen) atoms. The van der Waals surface area contributed by atoms with E-state index in [-0.39, 0.29) is 39.5 Å². The van der Waals surface area contributed by atoms with Crippen LogP contribution in [0.2, 0.25) is 15.1 Å². The topological polar surface area (TPSA) is 116 Å². The Balaban J connectivity index is 1.65. The Bertz CT molecular complexity index is 1240. The van der Waals surface area contributed by atoms with Gasteiger partial charge in [0.1, 0.15) is 5.82 Å². The van der Waals surface area contributed by atoms with Gasteiger partial charge in [0.2, 0.25) is 17.8 Å². The predicted molar refractivity (Wildman–Crippen MR) is 121 cm³/mol. The number of hydrogen-bond donors (Lipinski definition) is 4. The number of anilines is 4. The van der Waals surface area contributed by atoms with Gasteiger partial charge >= 0.3 is 0 Å². The first-order valence-corrected chi connectivity index (χ1v) is 10.2. The minimum Gasteiger partial charge on any atom is -0.326 e. The lowest BCUT2D eigenvalue weighted by molar-refractivity contribution is -0.123. The Hall–Kier alpha value is -3.07. The Kier molecular flexibility index (Phi) is 5.86. The molecule has 158 valence electrons. The van der Waals surface area contributed by atoms with Gasteiger partial charge in [-0.1, -0.05) is 40.9 Å². The minimum atomic E-state index is -1.06. The summed E-state index contributed by atoms with van der Waals surface area (Å²) in [5.41, 5.74) is 0.396. The van der Waals surface area contributed by atoms with Crippen molar-refractivity contribution < 1.29 is 9.59 Å². The maximum atomic E-state index is 12.9. The van der Waals surface area contributed by atoms with Crippen molar-refractivity contribution in [1.29, 1.82) is 0 Å². The SMILES string of the molecule is O=C1CC(C(=O)Nc2cccc(Cl)c2Cl)c2c(nc(Nc3ccc(Cl)cc3)[nH]c2=O)N1. The number of fused-ring (bicyclic) bond motifs is 1. The molecule has 11 heteroatoms. The lowest BCUT2D eigenvalue weighted by atomic mass is 9.92. The van der Waals surface area contributed by atoms with E-state index in [9.17, 15) is 14.4 Å². The van der Waals surface area contributed by atoms with E-state index in [2.05, 4.69) is 25.9 Å². The Labute approximate surface area is 190 Å². The highest BCUT2D eigenvalue weighted by Gasteiger charge is 2.35. The number of amides is 2. The zero-order valence-electron chi connectivity index (χ0n) is 15.6. The Morgan fingerprint density at radius 2 is 1.81 bits per heavy atom. The number of hydrogen-bond acceptors (Lipinski definition) is 5. The highest BCUT2D eigenvalue weighted by atomic mass is 35.5. The van der Waals surface area contributed by atoms with Crippen molar-refractivity contribution in [2.75, 3.05) is 16.0 Å². The van der Waals surface area contributed by atoms with E-state index in [1.165, 1.54) is 0 Å². The molecule has 1 aliphatic rings. The standard InChI is InChI=1S/C20H14Cl3N5O3/c21-9-4-6-10(7-5-9)24-20-27-17-15(19(31)28-20)11(8-14(29)26-17)18(30)25-13-3-1-2-12(22)16(13)23/h1-7,11H,8H2,(H,25,30)(H3,24,26,27,28,29,31). The zero-order chi connectivity index (χ0) is 22.1. The molecular formula is C20H14Cl3N5O3. The van der Waals surface area contributed by atoms with Gasteiger partial charge in [-0.2, -0.15) is 4.98 Å². The molecule has 2 amide bonds. The van der Waals surface area contributed by atoms with Crippen molar-refractivity contribution in [3.63, 3.8) is 0 Å². The summed E-state index contributed by atoms with van der Waals surface area (Å²) in [6.07, 6.45) is -0.217. The summed E-state index contributed by atoms with van der Waals surface area (Å²) in [5.74, 6) is -1.97. The first-order chi connectivity index (χ1) is 14.8. The van der Waals surface area contributed by atoms with E-state index in [4.69, 9.17) is 34.8 Å². The summed E-state index contributed by atoms with van der Waals surface area (Å²) in [5, 5.41) is 9.07. The van der Waals surface area contributed by atoms with E-state index in [0.717, 1.165) is 0 Å². The number of carbonyl (C=O) groups is 2. The van der Waals surface area contributed by atoms with Crippen LogP contribution in [0.5, 0.6) is 0 Å². The third-order valence-electron chi connectivity index (χ3n) is 4.58. The van der Waals surface area contributed by atoms with E-state index < -0.39 is 23.3 Å². The van der Waals surface area contributed by atoms with Gasteiger partial charge in [0.15, 0.2) is 0 Å². The molecule has 3 aromatic rings. The first kappa shape index (κ1) is 21.2. The fraction of sp³-hybridized carbons (Fsp3) is 0.100. The highest BCUT2D eigenvalue weighted by Crippen LogP contribution is 2.33. The second-order valence-electron chi connectivity index (χ2n) is 6.70. The molecular weight excluding hydrogens is 465 g/mol. The van der Waals surface area contributed by atoms with Crippen LogP contribution < -0.4 is 21.5 Å². The van der Waals surface area contributed by atoms with Crippen LogP contribution in [-0.2, 0) is 9.59 Å². The average molecular weight is 479 g/mol. The van der Waals surface area contributed by atoms with Crippen molar-refractivity contribution in [2.45, 2.75) is 12.3 Å². The highest BCUT2D eigenvalue weighted by molar-refractivity contribution is 6.44. The van der Waals surface area contributed by atoms with Crippen LogP contribution in [-0.4, -0.2) is 21.8 Å². The van der Waals surface area contributed by atoms with Crippen molar-refractivity contribution in [1.82, 2.24) is 9.97 Å². The molecule has 0 bridgehead atoms. The first-order valence-electron chi connectivity index (χ1n) is 9.03. The summed E-state index contributed by atoms with van der Waals surface area (Å²) in [7, 11) is 0. The van der Waals surface area contributed by atoms with Crippen LogP contribution in [0.15, 0.2) is 47.3 Å². The molecule has 4 rings (SSSR count). The molecule has 2 aromatic carbocycles. The second-order valence-corrected chi connectivity index (χ2v) is 7.93. The number of halogens is 3. The molecule has 8 nitrogen and oxygen atoms in total. The van der Waals surface area contributed by atoms with Crippen LogP contribution in [0.1, 0.15) is 17.9 Å². The Morgan fingerprint density at radius 3 is 2.55 bits per heavy atom. The number of nitrogens with one attached hydrogen (secondary N) is 4. The molecule has 2 heterocycles. The molecule has 0 radical (unpaired) electrons. The van der Waals surface area contributed by atoms with Gasteiger partial charge in [-0.15, -0.1) is 0 Å². The van der Waals surface area contributed by atoms with Gasteiger partial charge in [-0.05, 0) is 36.4 Å². The second kappa shape index (κ2) is 8.58. The largest absolute Gasteiger partial charge is 0.326 e. The summed E-state index contributed by atoms with van der Waals surface area (Å²) in [6, 6.07) is 11.5. The van der Waals surface area contributed by atoms with E-state index >= 15 is 0 Å². The van der Waals surface area contributed by atoms with Crippen LogP contribution in [0.4, 0.5) is 23.1 Å². The number of H-pyrrole nitrogens is 1. The number of nitrogens with zero attached hydrogens (tertiary/aromatic N) is 1. The van der Waals surface area contributed by atoms with E-state index in [1.54, 1.807) is 42.5 Å². The summed E-state index contributed by atoms with van der Waals surface area (Å²) in [4.78, 5) is 44.7. The third kappa shape index (κ3) is 4.51. The van der Waals surface area contributed by atoms with Crippen molar-refractivity contribution >= 4 is 69.8 Å². The van der Waals surface area contributed by atoms with E-state index in [0.29, 0.717) is 10.7 Å². The van der Waals surface area contributed by atoms with E-state index in [1.807, 2.05) is 0 Å². The smallest absolute Gasteiger partial charge is 0.258 e. The minimum absolute atomic E-state index is 0.00815. The normalized spacial score (nSPS) is 15.1. The number of aromatic amines is 1. The zero-order valence-corrected chi connectivity index (χ0v) is 17.9. The molecule has 4 N–H and O–H groups in total. The van der Waals surface area contributed by atoms with Gasteiger partial charge < -0.3 is 16.0 Å². The van der Waals surface area contributed by atoms with Gasteiger partial charge in [0.05, 0.1) is 27.2 Å². The van der Waals surface area contributed by atoms with Crippen molar-refractivity contribution in [3.05, 3.63) is 73.4 Å².